The summed E-state index contributed by atoms with van der Waals surface area (Å²) in [5, 5.41) is 28.6. The van der Waals surface area contributed by atoms with E-state index in [1.54, 1.807) is 0 Å². The summed E-state index contributed by atoms with van der Waals surface area (Å²) in [6.45, 7) is 0.713. The molecule has 2 N–H and O–H groups in total. The van der Waals surface area contributed by atoms with Gasteiger partial charge in [0.1, 0.15) is 42.7 Å². The van der Waals surface area contributed by atoms with E-state index in [0.717, 1.165) is 33.4 Å². The van der Waals surface area contributed by atoms with Gasteiger partial charge in [-0.15, -0.1) is 0 Å². The van der Waals surface area contributed by atoms with Gasteiger partial charge in [-0.3, -0.25) is 0 Å². The van der Waals surface area contributed by atoms with E-state index in [2.05, 4.69) is 21.9 Å². The van der Waals surface area contributed by atoms with Crippen LogP contribution in [0.1, 0.15) is 33.4 Å². The molecule has 1 heterocycles. The molecule has 13 heteroatoms. The van der Waals surface area contributed by atoms with E-state index in [0.29, 0.717) is 0 Å². The fourth-order valence-corrected chi connectivity index (χ4v) is 7.86. The van der Waals surface area contributed by atoms with Crippen LogP contribution in [0.15, 0.2) is 187 Å². The van der Waals surface area contributed by atoms with Gasteiger partial charge in [0, 0.05) is 12.0 Å². The summed E-state index contributed by atoms with van der Waals surface area (Å²) >= 11 is 0. The third-order valence-corrected chi connectivity index (χ3v) is 11.5. The zero-order valence-electron chi connectivity index (χ0n) is 38.5. The fourth-order valence-electron chi connectivity index (χ4n) is 7.86. The van der Waals surface area contributed by atoms with Crippen molar-refractivity contribution < 1.29 is 48.1 Å². The lowest BCUT2D eigenvalue weighted by Gasteiger charge is -2.44. The molecule has 0 spiro atoms. The van der Waals surface area contributed by atoms with Crippen LogP contribution in [0.25, 0.3) is 10.4 Å². The maximum Gasteiger partial charge on any atom is 0.187 e. The van der Waals surface area contributed by atoms with E-state index in [9.17, 15) is 15.7 Å². The molecule has 1 aliphatic rings. The first-order valence-electron chi connectivity index (χ1n) is 23.0. The van der Waals surface area contributed by atoms with E-state index in [-0.39, 0.29) is 46.2 Å². The second kappa shape index (κ2) is 27.7. The van der Waals surface area contributed by atoms with Crippen molar-refractivity contribution in [3.8, 4) is 11.8 Å². The van der Waals surface area contributed by atoms with Gasteiger partial charge in [0.05, 0.1) is 58.4 Å². The van der Waals surface area contributed by atoms with Gasteiger partial charge in [-0.2, -0.15) is 0 Å². The van der Waals surface area contributed by atoms with Gasteiger partial charge in [-0.05, 0) is 38.9 Å². The molecule has 6 aromatic carbocycles. The van der Waals surface area contributed by atoms with Crippen molar-refractivity contribution in [1.82, 2.24) is 0 Å². The number of aliphatic hydroxyl groups is 2. The molecule has 0 aromatic heterocycles. The van der Waals surface area contributed by atoms with Crippen LogP contribution in [0.5, 0.6) is 0 Å². The molecular weight excluding hydrogens is 875 g/mol. The van der Waals surface area contributed by atoms with Crippen molar-refractivity contribution in [2.24, 2.45) is 5.11 Å². The Kier molecular flexibility index (Phi) is 20.3. The first-order chi connectivity index (χ1) is 34.0. The standard InChI is InChI=1S/C56H59N3O10/c1-62-56-55(68-39-46-30-18-7-19-31-46)54(67-38-45-28-16-6-17-29-45)52(65-36-43-24-12-4-13-25-43)49(69-56)33-32-48(60)51(64-35-42-22-10-3-11-23-42)53(66-37-44-26-14-5-15-27-44)50(61)47(58-59-57)40-63-34-41-20-8-2-9-21-41/h2-31,47-56,60-61H,34-40H2,1H3/t47-,48-,49-,50-,51+,52-,53+,54+,55-,56+/m1/s1. The summed E-state index contributed by atoms with van der Waals surface area (Å²) in [6.07, 6.45) is -10.3. The normalized spacial score (nSPS) is 20.0. The zero-order valence-corrected chi connectivity index (χ0v) is 38.5. The quantitative estimate of drug-likeness (QED) is 0.0245. The molecule has 1 saturated heterocycles. The Morgan fingerprint density at radius 1 is 0.536 bits per heavy atom. The van der Waals surface area contributed by atoms with Gasteiger partial charge in [0.2, 0.25) is 0 Å². The summed E-state index contributed by atoms with van der Waals surface area (Å²) < 4.78 is 51.7. The average Bonchev–Trinajstić information content (AvgIpc) is 3.40. The molecule has 0 saturated carbocycles. The summed E-state index contributed by atoms with van der Waals surface area (Å²) in [5.41, 5.74) is 15.0. The molecule has 0 amide bonds. The number of methoxy groups -OCH3 is 1. The van der Waals surface area contributed by atoms with Crippen LogP contribution in [-0.2, 0) is 77.5 Å². The van der Waals surface area contributed by atoms with Crippen LogP contribution in [0.2, 0.25) is 0 Å². The van der Waals surface area contributed by atoms with Crippen molar-refractivity contribution in [1.29, 1.82) is 0 Å². The lowest BCUT2D eigenvalue weighted by atomic mass is 9.95. The van der Waals surface area contributed by atoms with Crippen molar-refractivity contribution in [2.45, 2.75) is 101 Å². The molecule has 0 bridgehead atoms. The van der Waals surface area contributed by atoms with E-state index < -0.39 is 61.2 Å². The van der Waals surface area contributed by atoms with Crippen molar-refractivity contribution >= 4 is 0 Å². The van der Waals surface area contributed by atoms with Crippen LogP contribution >= 0.6 is 0 Å². The molecule has 1 fully saturated rings. The molecule has 69 heavy (non-hydrogen) atoms. The van der Waals surface area contributed by atoms with Gasteiger partial charge in [-0.1, -0.05) is 199 Å². The number of rotatable bonds is 25. The Hall–Kier alpha value is -6.21. The molecule has 0 aliphatic carbocycles. The number of nitrogens with zero attached hydrogens (tertiary/aromatic N) is 3. The Bertz CT molecular complexity index is 2460. The van der Waals surface area contributed by atoms with E-state index >= 15 is 0 Å². The maximum absolute atomic E-state index is 12.4. The van der Waals surface area contributed by atoms with Gasteiger partial charge in [0.25, 0.3) is 0 Å². The summed E-state index contributed by atoms with van der Waals surface area (Å²) in [6, 6.07) is 56.4. The summed E-state index contributed by atoms with van der Waals surface area (Å²) in [5.74, 6) is 6.16. The predicted octanol–water partition coefficient (Wildman–Crippen LogP) is 8.91. The summed E-state index contributed by atoms with van der Waals surface area (Å²) in [7, 11) is 1.52. The SMILES string of the molecule is CO[C@H]1O[C@H](C#C[C@@H](O)[C@H](OCc2ccccc2)[C@@H](OCc2ccccc2)[C@H](O)[C@@H](COCc2ccccc2)N=[N+]=[N-])[C@@H](OCc2ccccc2)[C@H](OCc2ccccc2)[C@H]1OCc1ccccc1. The lowest BCUT2D eigenvalue weighted by Crippen LogP contribution is -2.60. The first-order valence-corrected chi connectivity index (χ1v) is 23.0. The molecule has 13 nitrogen and oxygen atoms in total. The van der Waals surface area contributed by atoms with Crippen LogP contribution in [0.4, 0.5) is 0 Å². The van der Waals surface area contributed by atoms with Crippen molar-refractivity contribution in [2.75, 3.05) is 13.7 Å². The van der Waals surface area contributed by atoms with Crippen LogP contribution < -0.4 is 0 Å². The van der Waals surface area contributed by atoms with E-state index in [4.69, 9.17) is 37.9 Å². The largest absolute Gasteiger partial charge is 0.390 e. The minimum atomic E-state index is -1.61. The van der Waals surface area contributed by atoms with E-state index in [1.807, 2.05) is 182 Å². The third kappa shape index (κ3) is 15.7. The number of azide groups is 1. The Morgan fingerprint density at radius 3 is 1.36 bits per heavy atom. The fraction of sp³-hybridized carbons (Fsp3) is 0.321. The molecule has 6 aromatic rings. The van der Waals surface area contributed by atoms with E-state index in [1.165, 1.54) is 7.11 Å². The highest BCUT2D eigenvalue weighted by atomic mass is 16.7. The van der Waals surface area contributed by atoms with Gasteiger partial charge < -0.3 is 48.1 Å². The maximum atomic E-state index is 12.4. The molecule has 0 radical (unpaired) electrons. The highest BCUT2D eigenvalue weighted by Gasteiger charge is 2.49. The monoisotopic (exact) mass is 933 g/mol. The zero-order chi connectivity index (χ0) is 47.9. The molecule has 7 rings (SSSR count). The topological polar surface area (TPSA) is 163 Å². The smallest absolute Gasteiger partial charge is 0.187 e. The third-order valence-electron chi connectivity index (χ3n) is 11.5. The average molecular weight is 934 g/mol. The Labute approximate surface area is 404 Å². The molecule has 0 unspecified atom stereocenters. The van der Waals surface area contributed by atoms with Crippen molar-refractivity contribution in [3.63, 3.8) is 0 Å². The van der Waals surface area contributed by atoms with Gasteiger partial charge >= 0.3 is 0 Å². The first kappa shape index (κ1) is 50.7. The number of hydrogen-bond acceptors (Lipinski definition) is 11. The van der Waals surface area contributed by atoms with Crippen LogP contribution in [-0.4, -0.2) is 85.1 Å². The van der Waals surface area contributed by atoms with Crippen molar-refractivity contribution in [3.05, 3.63) is 226 Å². The van der Waals surface area contributed by atoms with Gasteiger partial charge in [0.15, 0.2) is 6.29 Å². The number of hydrogen-bond donors (Lipinski definition) is 2. The van der Waals surface area contributed by atoms with Crippen LogP contribution in [0.3, 0.4) is 0 Å². The minimum Gasteiger partial charge on any atom is -0.390 e. The second-order valence-electron chi connectivity index (χ2n) is 16.5. The van der Waals surface area contributed by atoms with Crippen LogP contribution in [0, 0.1) is 11.8 Å². The number of aliphatic hydroxyl groups excluding tert-OH is 2. The molecule has 10 atom stereocenters. The molecule has 358 valence electrons. The predicted molar refractivity (Wildman–Crippen MR) is 260 cm³/mol. The minimum absolute atomic E-state index is 0.0170. The second-order valence-corrected chi connectivity index (χ2v) is 16.5. The number of benzene rings is 6. The summed E-state index contributed by atoms with van der Waals surface area (Å²) in [4.78, 5) is 3.05. The highest BCUT2D eigenvalue weighted by Crippen LogP contribution is 2.31. The lowest BCUT2D eigenvalue weighted by molar-refractivity contribution is -0.307. The Balaban J connectivity index is 1.23. The number of ether oxygens (including phenoxy) is 8. The van der Waals surface area contributed by atoms with Gasteiger partial charge in [-0.25, -0.2) is 0 Å². The highest BCUT2D eigenvalue weighted by molar-refractivity contribution is 5.21. The Morgan fingerprint density at radius 2 is 0.928 bits per heavy atom. The molecular formula is C56H59N3O10. The molecule has 1 aliphatic heterocycles.